The molecule has 1 aromatic carbocycles. The van der Waals surface area contributed by atoms with E-state index < -0.39 is 11.7 Å². The Labute approximate surface area is 100 Å². The molecular formula is C13H18F3N. The molecular weight excluding hydrogens is 227 g/mol. The molecule has 0 spiro atoms. The molecule has 1 atom stereocenters. The Hall–Kier alpha value is -1.03. The second kappa shape index (κ2) is 6.05. The number of rotatable bonds is 5. The van der Waals surface area contributed by atoms with Crippen molar-refractivity contribution < 1.29 is 13.2 Å². The van der Waals surface area contributed by atoms with Crippen LogP contribution in [0.1, 0.15) is 43.9 Å². The third-order valence-electron chi connectivity index (χ3n) is 2.69. The van der Waals surface area contributed by atoms with Crippen LogP contribution in [0.5, 0.6) is 0 Å². The first-order valence-electron chi connectivity index (χ1n) is 5.85. The molecule has 1 unspecified atom stereocenters. The van der Waals surface area contributed by atoms with Crippen LogP contribution >= 0.6 is 0 Å². The Morgan fingerprint density at radius 3 is 2.59 bits per heavy atom. The molecule has 96 valence electrons. The first kappa shape index (κ1) is 14.0. The van der Waals surface area contributed by atoms with Gasteiger partial charge in [0.1, 0.15) is 0 Å². The Kier molecular flexibility index (Phi) is 5.00. The van der Waals surface area contributed by atoms with Crippen molar-refractivity contribution in [3.63, 3.8) is 0 Å². The summed E-state index contributed by atoms with van der Waals surface area (Å²) < 4.78 is 37.6. The van der Waals surface area contributed by atoms with E-state index in [1.54, 1.807) is 6.07 Å². The number of halogens is 3. The van der Waals surface area contributed by atoms with Crippen LogP contribution in [0.25, 0.3) is 0 Å². The van der Waals surface area contributed by atoms with Crippen LogP contribution in [-0.2, 0) is 6.18 Å². The molecule has 0 aliphatic heterocycles. The Bertz CT molecular complexity index is 347. The maximum absolute atomic E-state index is 12.5. The molecule has 1 nitrogen and oxygen atoms in total. The van der Waals surface area contributed by atoms with Gasteiger partial charge >= 0.3 is 6.18 Å². The molecule has 17 heavy (non-hydrogen) atoms. The molecule has 0 bridgehead atoms. The van der Waals surface area contributed by atoms with E-state index in [0.29, 0.717) is 5.56 Å². The van der Waals surface area contributed by atoms with Gasteiger partial charge in [-0.1, -0.05) is 25.5 Å². The molecule has 1 rings (SSSR count). The normalized spacial score (nSPS) is 13.7. The molecule has 0 fully saturated rings. The van der Waals surface area contributed by atoms with Crippen LogP contribution in [0.3, 0.4) is 0 Å². The van der Waals surface area contributed by atoms with Gasteiger partial charge < -0.3 is 5.32 Å². The minimum Gasteiger partial charge on any atom is -0.310 e. The summed E-state index contributed by atoms with van der Waals surface area (Å²) in [5.41, 5.74) is 0.0927. The molecule has 0 saturated carbocycles. The van der Waals surface area contributed by atoms with Crippen LogP contribution in [0.2, 0.25) is 0 Å². The number of benzene rings is 1. The molecule has 0 amide bonds. The van der Waals surface area contributed by atoms with Crippen molar-refractivity contribution >= 4 is 0 Å². The van der Waals surface area contributed by atoms with Crippen LogP contribution in [-0.4, -0.2) is 6.54 Å². The molecule has 1 aromatic rings. The fourth-order valence-corrected chi connectivity index (χ4v) is 1.60. The lowest BCUT2D eigenvalue weighted by Crippen LogP contribution is -2.20. The van der Waals surface area contributed by atoms with Crippen molar-refractivity contribution in [1.82, 2.24) is 5.32 Å². The Morgan fingerprint density at radius 1 is 1.29 bits per heavy atom. The Morgan fingerprint density at radius 2 is 2.00 bits per heavy atom. The third-order valence-corrected chi connectivity index (χ3v) is 2.69. The largest absolute Gasteiger partial charge is 0.416 e. The molecule has 0 heterocycles. The molecule has 0 radical (unpaired) electrons. The van der Waals surface area contributed by atoms with E-state index in [1.165, 1.54) is 12.1 Å². The first-order valence-corrected chi connectivity index (χ1v) is 5.85. The topological polar surface area (TPSA) is 12.0 Å². The highest BCUT2D eigenvalue weighted by molar-refractivity contribution is 5.27. The van der Waals surface area contributed by atoms with E-state index >= 15 is 0 Å². The SMILES string of the molecule is CCCCNC(C)c1cccc(C(F)(F)F)c1. The number of alkyl halides is 3. The summed E-state index contributed by atoms with van der Waals surface area (Å²) in [7, 11) is 0. The fourth-order valence-electron chi connectivity index (χ4n) is 1.60. The summed E-state index contributed by atoms with van der Waals surface area (Å²) in [6.07, 6.45) is -2.16. The van der Waals surface area contributed by atoms with E-state index in [1.807, 2.05) is 6.92 Å². The van der Waals surface area contributed by atoms with E-state index in [-0.39, 0.29) is 6.04 Å². The average molecular weight is 245 g/mol. The summed E-state index contributed by atoms with van der Waals surface area (Å²) in [6.45, 7) is 4.79. The summed E-state index contributed by atoms with van der Waals surface area (Å²) >= 11 is 0. The average Bonchev–Trinajstić information content (AvgIpc) is 2.28. The van der Waals surface area contributed by atoms with E-state index in [2.05, 4.69) is 12.2 Å². The molecule has 0 aliphatic carbocycles. The van der Waals surface area contributed by atoms with Gasteiger partial charge in [-0.3, -0.25) is 0 Å². The zero-order valence-electron chi connectivity index (χ0n) is 10.1. The summed E-state index contributed by atoms with van der Waals surface area (Å²) in [6, 6.07) is 5.43. The predicted octanol–water partition coefficient (Wildman–Crippen LogP) is 4.16. The van der Waals surface area contributed by atoms with Gasteiger partial charge in [0.2, 0.25) is 0 Å². The van der Waals surface area contributed by atoms with E-state index in [4.69, 9.17) is 0 Å². The second-order valence-corrected chi connectivity index (χ2v) is 4.15. The number of unbranched alkanes of at least 4 members (excludes halogenated alkanes) is 1. The van der Waals surface area contributed by atoms with Crippen LogP contribution < -0.4 is 5.32 Å². The Balaban J connectivity index is 2.71. The van der Waals surface area contributed by atoms with Gasteiger partial charge in [0.25, 0.3) is 0 Å². The van der Waals surface area contributed by atoms with Gasteiger partial charge in [-0.2, -0.15) is 13.2 Å². The van der Waals surface area contributed by atoms with Gasteiger partial charge in [-0.05, 0) is 37.6 Å². The van der Waals surface area contributed by atoms with Crippen LogP contribution in [0, 0.1) is 0 Å². The first-order chi connectivity index (χ1) is 7.95. The maximum atomic E-state index is 12.5. The minimum absolute atomic E-state index is 0.0520. The van der Waals surface area contributed by atoms with Crippen molar-refractivity contribution in [2.75, 3.05) is 6.54 Å². The molecule has 0 saturated heterocycles. The van der Waals surface area contributed by atoms with Crippen molar-refractivity contribution in [1.29, 1.82) is 0 Å². The fraction of sp³-hybridized carbons (Fsp3) is 0.538. The smallest absolute Gasteiger partial charge is 0.310 e. The lowest BCUT2D eigenvalue weighted by Gasteiger charge is -2.15. The maximum Gasteiger partial charge on any atom is 0.416 e. The highest BCUT2D eigenvalue weighted by Crippen LogP contribution is 2.30. The summed E-state index contributed by atoms with van der Waals surface area (Å²) in [5.74, 6) is 0. The second-order valence-electron chi connectivity index (χ2n) is 4.15. The monoisotopic (exact) mass is 245 g/mol. The van der Waals surface area contributed by atoms with E-state index in [0.717, 1.165) is 25.5 Å². The minimum atomic E-state index is -4.26. The zero-order chi connectivity index (χ0) is 12.9. The molecule has 4 heteroatoms. The quantitative estimate of drug-likeness (QED) is 0.768. The highest BCUT2D eigenvalue weighted by Gasteiger charge is 2.30. The van der Waals surface area contributed by atoms with Crippen LogP contribution in [0.15, 0.2) is 24.3 Å². The molecule has 0 aliphatic rings. The van der Waals surface area contributed by atoms with E-state index in [9.17, 15) is 13.2 Å². The van der Waals surface area contributed by atoms with Gasteiger partial charge in [-0.15, -0.1) is 0 Å². The van der Waals surface area contributed by atoms with Crippen LogP contribution in [0.4, 0.5) is 13.2 Å². The van der Waals surface area contributed by atoms with Crippen molar-refractivity contribution in [3.05, 3.63) is 35.4 Å². The zero-order valence-corrected chi connectivity index (χ0v) is 10.1. The van der Waals surface area contributed by atoms with Crippen molar-refractivity contribution in [3.8, 4) is 0 Å². The standard InChI is InChI=1S/C13H18F3N/c1-3-4-8-17-10(2)11-6-5-7-12(9-11)13(14,15)16/h5-7,9-10,17H,3-4,8H2,1-2H3. The van der Waals surface area contributed by atoms with Gasteiger partial charge in [-0.25, -0.2) is 0 Å². The lowest BCUT2D eigenvalue weighted by molar-refractivity contribution is -0.137. The summed E-state index contributed by atoms with van der Waals surface area (Å²) in [5, 5.41) is 3.21. The van der Waals surface area contributed by atoms with Gasteiger partial charge in [0.15, 0.2) is 0 Å². The predicted molar refractivity (Wildman–Crippen MR) is 62.8 cm³/mol. The number of nitrogens with one attached hydrogen (secondary N) is 1. The third kappa shape index (κ3) is 4.38. The highest BCUT2D eigenvalue weighted by atomic mass is 19.4. The number of hydrogen-bond donors (Lipinski definition) is 1. The van der Waals surface area contributed by atoms with Gasteiger partial charge in [0, 0.05) is 6.04 Å². The molecule has 0 aromatic heterocycles. The lowest BCUT2D eigenvalue weighted by atomic mass is 10.0. The molecule has 1 N–H and O–H groups in total. The van der Waals surface area contributed by atoms with Crippen molar-refractivity contribution in [2.24, 2.45) is 0 Å². The van der Waals surface area contributed by atoms with Crippen molar-refractivity contribution in [2.45, 2.75) is 38.9 Å². The number of hydrogen-bond acceptors (Lipinski definition) is 1. The van der Waals surface area contributed by atoms with Gasteiger partial charge in [0.05, 0.1) is 5.56 Å². The summed E-state index contributed by atoms with van der Waals surface area (Å²) in [4.78, 5) is 0.